The topological polar surface area (TPSA) is 108 Å². The minimum atomic E-state index is -2.55. The van der Waals surface area contributed by atoms with Gasteiger partial charge in [0.2, 0.25) is 0 Å². The molecule has 0 saturated carbocycles. The zero-order valence-corrected chi connectivity index (χ0v) is 31.5. The van der Waals surface area contributed by atoms with E-state index in [2.05, 4.69) is 77.7 Å². The maximum Gasteiger partial charge on any atom is 0.354 e. The Bertz CT molecular complexity index is 1870. The van der Waals surface area contributed by atoms with E-state index < -0.39 is 14.3 Å². The molecule has 11 heteroatoms. The second-order valence-corrected chi connectivity index (χ2v) is 17.1. The number of H-pyrrole nitrogens is 1. The zero-order chi connectivity index (χ0) is 35.8. The molecule has 1 fully saturated rings. The summed E-state index contributed by atoms with van der Waals surface area (Å²) in [6.45, 7) is 3.34. The minimum Gasteiger partial charge on any atom is -0.464 e. The predicted octanol–water partition coefficient (Wildman–Crippen LogP) is 7.05. The van der Waals surface area contributed by atoms with Gasteiger partial charge in [-0.3, -0.25) is 4.68 Å². The van der Waals surface area contributed by atoms with Crippen LogP contribution in [0.1, 0.15) is 72.9 Å². The van der Waals surface area contributed by atoms with Gasteiger partial charge in [0.1, 0.15) is 5.69 Å². The number of rotatable bonds is 16. The average Bonchev–Trinajstić information content (AvgIpc) is 3.70. The molecule has 3 aromatic carbocycles. The smallest absolute Gasteiger partial charge is 0.354 e. The number of aromatic amines is 1. The maximum atomic E-state index is 13.3. The molecule has 51 heavy (non-hydrogen) atoms. The Morgan fingerprint density at radius 2 is 1.76 bits per heavy atom. The van der Waals surface area contributed by atoms with Crippen LogP contribution in [0.2, 0.25) is 11.1 Å². The van der Waals surface area contributed by atoms with Crippen LogP contribution in [0.25, 0.3) is 22.0 Å². The van der Waals surface area contributed by atoms with Crippen molar-refractivity contribution < 1.29 is 28.5 Å². The molecule has 0 radical (unpaired) electrons. The van der Waals surface area contributed by atoms with Gasteiger partial charge in [-0.2, -0.15) is 5.10 Å². The van der Waals surface area contributed by atoms with Gasteiger partial charge in [0.15, 0.2) is 6.29 Å². The molecule has 1 atom stereocenters. The van der Waals surface area contributed by atoms with E-state index in [9.17, 15) is 9.90 Å². The first kappa shape index (κ1) is 37.0. The number of carbonyl (C=O) groups excluding carboxylic acids is 1. The number of nitrogens with zero attached hydrogens (tertiary/aromatic N) is 2. The minimum absolute atomic E-state index is 0.220. The lowest BCUT2D eigenvalue weighted by atomic mass is 9.98. The lowest BCUT2D eigenvalue weighted by molar-refractivity contribution is -0.169. The Balaban J connectivity index is 1.34. The van der Waals surface area contributed by atoms with Crippen LogP contribution in [0.4, 0.5) is 0 Å². The van der Waals surface area contributed by atoms with Crippen LogP contribution < -0.4 is 10.4 Å². The van der Waals surface area contributed by atoms with Gasteiger partial charge in [0.05, 0.1) is 42.3 Å². The number of unbranched alkanes of at least 4 members (excludes halogenated alkanes) is 1. The summed E-state index contributed by atoms with van der Waals surface area (Å²) in [6, 6.07) is 26.1. The predicted molar refractivity (Wildman–Crippen MR) is 203 cm³/mol. The van der Waals surface area contributed by atoms with Crippen molar-refractivity contribution >= 4 is 47.2 Å². The summed E-state index contributed by atoms with van der Waals surface area (Å²) in [4.78, 5) is 16.7. The quantitative estimate of drug-likeness (QED) is 0.0637. The van der Waals surface area contributed by atoms with Crippen LogP contribution in [0.3, 0.4) is 0 Å². The Morgan fingerprint density at radius 1 is 1.04 bits per heavy atom. The second kappa shape index (κ2) is 17.2. The van der Waals surface area contributed by atoms with Crippen molar-refractivity contribution in [3.8, 4) is 11.1 Å². The lowest BCUT2D eigenvalue weighted by Crippen LogP contribution is -2.60. The standard InChI is InChI=1S/C40H48ClN3O6Si/c1-4-5-25-51(28-15-8-6-9-16-28,29-17-10-7-11-18-29)50-24-14-19-30-31-21-22-32(41)36(38(31)42-39(30)40(46)47-3)37-33(26-45)43-44(2)34(37)27-49-35-20-12-13-23-48-35/h6-11,15-18,21-22,35,42,45H,4-5,12-14,19-20,23-27H2,1-3H3. The number of benzene rings is 3. The number of hydrogen-bond acceptors (Lipinski definition) is 7. The SMILES string of the molecule is CCCC[Si](OCCCc1c(C(=O)OC)[nH]c2c(-c3c(CO)nn(C)c3COC3CCCCO3)c(Cl)ccc12)(c1ccccc1)c1ccccc1. The number of hydrogen-bond donors (Lipinski definition) is 2. The van der Waals surface area contributed by atoms with Gasteiger partial charge in [-0.25, -0.2) is 4.79 Å². The summed E-state index contributed by atoms with van der Waals surface area (Å²) in [5, 5.41) is 18.9. The molecule has 3 heterocycles. The Hall–Kier alpha value is -3.77. The number of aryl methyl sites for hydroxylation is 2. The molecular weight excluding hydrogens is 682 g/mol. The highest BCUT2D eigenvalue weighted by molar-refractivity contribution is 6.97. The number of aromatic nitrogens is 3. The molecule has 0 spiro atoms. The monoisotopic (exact) mass is 729 g/mol. The van der Waals surface area contributed by atoms with Crippen molar-refractivity contribution in [2.45, 2.75) is 77.4 Å². The summed E-state index contributed by atoms with van der Waals surface area (Å²) in [7, 11) is 0.657. The van der Waals surface area contributed by atoms with E-state index in [1.807, 2.05) is 19.2 Å². The lowest BCUT2D eigenvalue weighted by Gasteiger charge is -2.33. The van der Waals surface area contributed by atoms with Gasteiger partial charge < -0.3 is 28.7 Å². The highest BCUT2D eigenvalue weighted by atomic mass is 35.5. The molecule has 270 valence electrons. The number of methoxy groups -OCH3 is 1. The van der Waals surface area contributed by atoms with Gasteiger partial charge in [0, 0.05) is 36.8 Å². The Kier molecular flexibility index (Phi) is 12.5. The molecule has 0 aliphatic carbocycles. The van der Waals surface area contributed by atoms with Crippen molar-refractivity contribution in [2.75, 3.05) is 20.3 Å². The van der Waals surface area contributed by atoms with Crippen molar-refractivity contribution in [1.82, 2.24) is 14.8 Å². The van der Waals surface area contributed by atoms with E-state index in [0.29, 0.717) is 59.1 Å². The second-order valence-electron chi connectivity index (χ2n) is 13.1. The molecule has 9 nitrogen and oxygen atoms in total. The normalized spacial score (nSPS) is 15.0. The van der Waals surface area contributed by atoms with Crippen LogP contribution in [-0.4, -0.2) is 60.8 Å². The summed E-state index contributed by atoms with van der Waals surface area (Å²) < 4.78 is 26.1. The summed E-state index contributed by atoms with van der Waals surface area (Å²) in [5.41, 5.74) is 4.44. The van der Waals surface area contributed by atoms with Crippen LogP contribution in [-0.2, 0) is 45.3 Å². The summed E-state index contributed by atoms with van der Waals surface area (Å²) in [6.07, 6.45) is 5.99. The molecule has 2 N–H and O–H groups in total. The first-order valence-electron chi connectivity index (χ1n) is 18.0. The molecule has 0 bridgehead atoms. The summed E-state index contributed by atoms with van der Waals surface area (Å²) in [5.74, 6) is -0.462. The summed E-state index contributed by atoms with van der Waals surface area (Å²) >= 11 is 6.97. The number of carbonyl (C=O) groups is 1. The van der Waals surface area contributed by atoms with Gasteiger partial charge in [-0.15, -0.1) is 0 Å². The van der Waals surface area contributed by atoms with E-state index in [-0.39, 0.29) is 19.5 Å². The zero-order valence-electron chi connectivity index (χ0n) is 29.8. The molecule has 1 aliphatic rings. The maximum absolute atomic E-state index is 13.3. The number of fused-ring (bicyclic) bond motifs is 1. The molecule has 0 amide bonds. The fraction of sp³-hybridized carbons (Fsp3) is 0.400. The van der Waals surface area contributed by atoms with Crippen LogP contribution >= 0.6 is 11.6 Å². The molecule has 5 aromatic rings. The van der Waals surface area contributed by atoms with Crippen LogP contribution in [0.15, 0.2) is 72.8 Å². The van der Waals surface area contributed by atoms with Gasteiger partial charge in [0.25, 0.3) is 8.32 Å². The molecular formula is C40H48ClN3O6Si. The van der Waals surface area contributed by atoms with Crippen molar-refractivity contribution in [3.05, 3.63) is 100 Å². The molecule has 2 aromatic heterocycles. The van der Waals surface area contributed by atoms with Crippen LogP contribution in [0, 0.1) is 0 Å². The number of aliphatic hydroxyl groups excluding tert-OH is 1. The van der Waals surface area contributed by atoms with Crippen LogP contribution in [0.5, 0.6) is 0 Å². The number of aliphatic hydroxyl groups is 1. The molecule has 1 unspecified atom stereocenters. The Morgan fingerprint density at radius 3 is 2.39 bits per heavy atom. The fourth-order valence-corrected chi connectivity index (χ4v) is 11.7. The van der Waals surface area contributed by atoms with Gasteiger partial charge in [-0.05, 0) is 60.2 Å². The van der Waals surface area contributed by atoms with Gasteiger partial charge in [-0.1, -0.05) is 98.1 Å². The van der Waals surface area contributed by atoms with Crippen molar-refractivity contribution in [1.29, 1.82) is 0 Å². The third-order valence-electron chi connectivity index (χ3n) is 9.89. The number of halogens is 1. The number of ether oxygens (including phenoxy) is 3. The van der Waals surface area contributed by atoms with Crippen molar-refractivity contribution in [3.63, 3.8) is 0 Å². The third-order valence-corrected chi connectivity index (χ3v) is 14.5. The van der Waals surface area contributed by atoms with E-state index in [4.69, 9.17) is 30.2 Å². The van der Waals surface area contributed by atoms with E-state index >= 15 is 0 Å². The van der Waals surface area contributed by atoms with Crippen molar-refractivity contribution in [2.24, 2.45) is 7.05 Å². The molecule has 6 rings (SSSR count). The fourth-order valence-electron chi connectivity index (χ4n) is 7.30. The highest BCUT2D eigenvalue weighted by Crippen LogP contribution is 2.41. The molecule has 1 aliphatic heterocycles. The highest BCUT2D eigenvalue weighted by Gasteiger charge is 2.39. The largest absolute Gasteiger partial charge is 0.464 e. The van der Waals surface area contributed by atoms with E-state index in [0.717, 1.165) is 54.8 Å². The van der Waals surface area contributed by atoms with E-state index in [1.54, 1.807) is 4.68 Å². The number of esters is 1. The molecule has 1 saturated heterocycles. The third kappa shape index (κ3) is 7.86. The van der Waals surface area contributed by atoms with Gasteiger partial charge >= 0.3 is 5.97 Å². The first-order chi connectivity index (χ1) is 24.9. The van der Waals surface area contributed by atoms with E-state index in [1.165, 1.54) is 17.5 Å². The Labute approximate surface area is 306 Å². The first-order valence-corrected chi connectivity index (χ1v) is 20.5. The number of nitrogens with one attached hydrogen (secondary N) is 1. The average molecular weight is 730 g/mol.